The van der Waals surface area contributed by atoms with Gasteiger partial charge in [0.2, 0.25) is 0 Å². The first-order valence-electron chi connectivity index (χ1n) is 8.21. The van der Waals surface area contributed by atoms with Crippen molar-refractivity contribution in [1.82, 2.24) is 9.55 Å². The standard InChI is InChI=1S/C17H23N3O2S/c1-3-22-16(21)15-8-7-13(2)20(15)11-14-12-23-17(18-14)19-9-5-4-6-10-19/h7-8,12H,3-6,9-11H2,1-2H3. The summed E-state index contributed by atoms with van der Waals surface area (Å²) in [5.74, 6) is -0.271. The molecule has 0 N–H and O–H groups in total. The normalized spacial score (nSPS) is 15.0. The summed E-state index contributed by atoms with van der Waals surface area (Å²) in [4.78, 5) is 19.2. The highest BCUT2D eigenvalue weighted by Gasteiger charge is 2.17. The Bertz CT molecular complexity index is 671. The number of piperidine rings is 1. The van der Waals surface area contributed by atoms with Crippen LogP contribution in [0.1, 0.15) is 48.1 Å². The molecule has 124 valence electrons. The summed E-state index contributed by atoms with van der Waals surface area (Å²) in [5.41, 5.74) is 2.64. The third-order valence-electron chi connectivity index (χ3n) is 4.17. The van der Waals surface area contributed by atoms with Crippen LogP contribution in [0, 0.1) is 6.92 Å². The van der Waals surface area contributed by atoms with Crippen LogP contribution in [0.3, 0.4) is 0 Å². The molecule has 1 aliphatic heterocycles. The van der Waals surface area contributed by atoms with E-state index in [0.717, 1.165) is 29.6 Å². The molecular weight excluding hydrogens is 310 g/mol. The summed E-state index contributed by atoms with van der Waals surface area (Å²) in [7, 11) is 0. The Morgan fingerprint density at radius 2 is 2.09 bits per heavy atom. The fourth-order valence-corrected chi connectivity index (χ4v) is 3.79. The van der Waals surface area contributed by atoms with Crippen molar-refractivity contribution in [1.29, 1.82) is 0 Å². The van der Waals surface area contributed by atoms with E-state index in [2.05, 4.69) is 10.3 Å². The Balaban J connectivity index is 1.76. The zero-order valence-corrected chi connectivity index (χ0v) is 14.6. The number of thiazole rings is 1. The molecule has 1 fully saturated rings. The molecule has 2 aromatic rings. The summed E-state index contributed by atoms with van der Waals surface area (Å²) < 4.78 is 7.11. The minimum atomic E-state index is -0.271. The first kappa shape index (κ1) is 16.1. The van der Waals surface area contributed by atoms with Crippen molar-refractivity contribution in [3.63, 3.8) is 0 Å². The molecule has 6 heteroatoms. The summed E-state index contributed by atoms with van der Waals surface area (Å²) >= 11 is 1.69. The van der Waals surface area contributed by atoms with E-state index in [0.29, 0.717) is 18.8 Å². The third-order valence-corrected chi connectivity index (χ3v) is 5.12. The van der Waals surface area contributed by atoms with Crippen molar-refractivity contribution in [2.75, 3.05) is 24.6 Å². The van der Waals surface area contributed by atoms with E-state index < -0.39 is 0 Å². The first-order chi connectivity index (χ1) is 11.2. The van der Waals surface area contributed by atoms with E-state index in [1.165, 1.54) is 19.3 Å². The number of aryl methyl sites for hydroxylation is 1. The Kier molecular flexibility index (Phi) is 5.00. The van der Waals surface area contributed by atoms with Gasteiger partial charge in [-0.25, -0.2) is 9.78 Å². The van der Waals surface area contributed by atoms with Crippen molar-refractivity contribution < 1.29 is 9.53 Å². The molecule has 1 aliphatic rings. The number of rotatable bonds is 5. The second kappa shape index (κ2) is 7.17. The number of hydrogen-bond acceptors (Lipinski definition) is 5. The molecule has 5 nitrogen and oxygen atoms in total. The highest BCUT2D eigenvalue weighted by atomic mass is 32.1. The molecule has 0 aliphatic carbocycles. The minimum absolute atomic E-state index is 0.271. The van der Waals surface area contributed by atoms with Gasteiger partial charge in [-0.1, -0.05) is 0 Å². The number of carbonyl (C=O) groups excluding carboxylic acids is 1. The lowest BCUT2D eigenvalue weighted by atomic mass is 10.1. The molecule has 0 spiro atoms. The highest BCUT2D eigenvalue weighted by Crippen LogP contribution is 2.25. The predicted molar refractivity (Wildman–Crippen MR) is 92.4 cm³/mol. The van der Waals surface area contributed by atoms with Crippen LogP contribution in [0.25, 0.3) is 0 Å². The largest absolute Gasteiger partial charge is 0.461 e. The molecule has 0 saturated carbocycles. The Morgan fingerprint density at radius 1 is 1.30 bits per heavy atom. The molecule has 0 radical (unpaired) electrons. The second-order valence-corrected chi connectivity index (χ2v) is 6.67. The number of esters is 1. The predicted octanol–water partition coefficient (Wildman–Crippen LogP) is 3.47. The van der Waals surface area contributed by atoms with Crippen molar-refractivity contribution >= 4 is 22.4 Å². The van der Waals surface area contributed by atoms with E-state index >= 15 is 0 Å². The SMILES string of the molecule is CCOC(=O)c1ccc(C)n1Cc1csc(N2CCCCC2)n1. The number of carbonyl (C=O) groups is 1. The maximum Gasteiger partial charge on any atom is 0.354 e. The highest BCUT2D eigenvalue weighted by molar-refractivity contribution is 7.13. The molecular formula is C17H23N3O2S. The van der Waals surface area contributed by atoms with Crippen LogP contribution in [0.15, 0.2) is 17.5 Å². The van der Waals surface area contributed by atoms with Gasteiger partial charge >= 0.3 is 5.97 Å². The van der Waals surface area contributed by atoms with Crippen LogP contribution in [-0.4, -0.2) is 35.2 Å². The van der Waals surface area contributed by atoms with E-state index in [1.54, 1.807) is 11.3 Å². The van der Waals surface area contributed by atoms with E-state index in [4.69, 9.17) is 9.72 Å². The average molecular weight is 333 g/mol. The van der Waals surface area contributed by atoms with Crippen molar-refractivity contribution in [2.45, 2.75) is 39.7 Å². The van der Waals surface area contributed by atoms with E-state index in [9.17, 15) is 4.79 Å². The molecule has 0 atom stereocenters. The van der Waals surface area contributed by atoms with Crippen molar-refractivity contribution in [3.8, 4) is 0 Å². The van der Waals surface area contributed by atoms with Gasteiger partial charge in [-0.05, 0) is 45.2 Å². The van der Waals surface area contributed by atoms with Gasteiger partial charge in [-0.15, -0.1) is 11.3 Å². The van der Waals surface area contributed by atoms with Crippen LogP contribution < -0.4 is 4.90 Å². The van der Waals surface area contributed by atoms with Crippen LogP contribution in [0.2, 0.25) is 0 Å². The molecule has 0 unspecified atom stereocenters. The summed E-state index contributed by atoms with van der Waals surface area (Å²) in [6.07, 6.45) is 3.82. The maximum absolute atomic E-state index is 12.1. The number of ether oxygens (including phenoxy) is 1. The van der Waals surface area contributed by atoms with Gasteiger partial charge in [-0.2, -0.15) is 0 Å². The topological polar surface area (TPSA) is 47.4 Å². The van der Waals surface area contributed by atoms with Crippen molar-refractivity contribution in [2.24, 2.45) is 0 Å². The molecule has 23 heavy (non-hydrogen) atoms. The molecule has 0 amide bonds. The van der Waals surface area contributed by atoms with Crippen molar-refractivity contribution in [3.05, 3.63) is 34.6 Å². The Morgan fingerprint density at radius 3 is 2.83 bits per heavy atom. The summed E-state index contributed by atoms with van der Waals surface area (Å²) in [6, 6.07) is 3.77. The zero-order chi connectivity index (χ0) is 16.2. The second-order valence-electron chi connectivity index (χ2n) is 5.84. The third kappa shape index (κ3) is 3.58. The van der Waals surface area contributed by atoms with Gasteiger partial charge in [0.1, 0.15) is 5.69 Å². The average Bonchev–Trinajstić information content (AvgIpc) is 3.17. The number of anilines is 1. The number of aromatic nitrogens is 2. The fraction of sp³-hybridized carbons (Fsp3) is 0.529. The molecule has 3 heterocycles. The van der Waals surface area contributed by atoms with Crippen LogP contribution in [0.4, 0.5) is 5.13 Å². The molecule has 2 aromatic heterocycles. The smallest absolute Gasteiger partial charge is 0.354 e. The summed E-state index contributed by atoms with van der Waals surface area (Å²) in [6.45, 7) is 7.02. The lowest BCUT2D eigenvalue weighted by molar-refractivity contribution is 0.0514. The number of hydrogen-bond donors (Lipinski definition) is 0. The van der Waals surface area contributed by atoms with Gasteiger partial charge in [-0.3, -0.25) is 0 Å². The molecule has 1 saturated heterocycles. The monoisotopic (exact) mass is 333 g/mol. The van der Waals surface area contributed by atoms with Crippen LogP contribution in [-0.2, 0) is 11.3 Å². The maximum atomic E-state index is 12.1. The Hall–Kier alpha value is -1.82. The quantitative estimate of drug-likeness (QED) is 0.786. The zero-order valence-electron chi connectivity index (χ0n) is 13.7. The lowest BCUT2D eigenvalue weighted by Crippen LogP contribution is -2.29. The lowest BCUT2D eigenvalue weighted by Gasteiger charge is -2.25. The van der Waals surface area contributed by atoms with Gasteiger partial charge in [0.25, 0.3) is 0 Å². The molecule has 0 bridgehead atoms. The van der Waals surface area contributed by atoms with E-state index in [1.807, 2.05) is 30.5 Å². The molecule has 0 aromatic carbocycles. The number of nitrogens with zero attached hydrogens (tertiary/aromatic N) is 3. The Labute approximate surface area is 140 Å². The summed E-state index contributed by atoms with van der Waals surface area (Å²) in [5, 5.41) is 3.19. The van der Waals surface area contributed by atoms with Gasteiger partial charge in [0.05, 0.1) is 18.8 Å². The van der Waals surface area contributed by atoms with E-state index in [-0.39, 0.29) is 5.97 Å². The first-order valence-corrected chi connectivity index (χ1v) is 9.09. The fourth-order valence-electron chi connectivity index (χ4n) is 2.92. The van der Waals surface area contributed by atoms with Gasteiger partial charge < -0.3 is 14.2 Å². The van der Waals surface area contributed by atoms with Crippen LogP contribution in [0.5, 0.6) is 0 Å². The van der Waals surface area contributed by atoms with Gasteiger partial charge in [0, 0.05) is 24.2 Å². The van der Waals surface area contributed by atoms with Gasteiger partial charge in [0.15, 0.2) is 5.13 Å². The minimum Gasteiger partial charge on any atom is -0.461 e. The van der Waals surface area contributed by atoms with Crippen LogP contribution >= 0.6 is 11.3 Å². The molecule has 3 rings (SSSR count).